The third-order valence-corrected chi connectivity index (χ3v) is 10.2. The molecule has 2 aromatic carbocycles. The topological polar surface area (TPSA) is 134 Å². The Morgan fingerprint density at radius 2 is 1.73 bits per heavy atom. The monoisotopic (exact) mass is 692 g/mol. The van der Waals surface area contributed by atoms with E-state index in [0.717, 1.165) is 22.7 Å². The maximum Gasteiger partial charge on any atom is 0.416 e. The van der Waals surface area contributed by atoms with Crippen molar-refractivity contribution < 1.29 is 37.1 Å². The van der Waals surface area contributed by atoms with E-state index in [0.29, 0.717) is 29.6 Å². The largest absolute Gasteiger partial charge is 0.416 e. The lowest BCUT2D eigenvalue weighted by molar-refractivity contribution is -0.138. The van der Waals surface area contributed by atoms with E-state index in [1.54, 1.807) is 38.2 Å². The van der Waals surface area contributed by atoms with Gasteiger partial charge in [0.05, 0.1) is 34.4 Å². The standard InChI is InChI=1S/C34H32F3N6O5P/c1-33(2,32(48)39-25-10-7-21(34(35,36)37)13-27(25)49(3)4)42-18-19(15-38-42)5-6-20-16-41(17-20)22-8-9-23-24(14-22)31(47)43(30(23)46)26-11-12-28(44)40-29(26)45/h7-10,13-15,18,20,26H,11-12,16-17H2,1-4H3,(H,39,48)(H,40,44,45). The number of amides is 5. The van der Waals surface area contributed by atoms with Gasteiger partial charge in [-0.1, -0.05) is 19.8 Å². The zero-order valence-electron chi connectivity index (χ0n) is 27.0. The van der Waals surface area contributed by atoms with Gasteiger partial charge in [0, 0.05) is 37.1 Å². The number of imide groups is 2. The van der Waals surface area contributed by atoms with Gasteiger partial charge in [-0.2, -0.15) is 18.3 Å². The van der Waals surface area contributed by atoms with E-state index in [9.17, 15) is 37.1 Å². The van der Waals surface area contributed by atoms with Crippen LogP contribution in [0.25, 0.3) is 0 Å². The number of aromatic nitrogens is 2. The highest BCUT2D eigenvalue weighted by molar-refractivity contribution is 7.64. The Bertz CT molecular complexity index is 1970. The Balaban J connectivity index is 1.08. The van der Waals surface area contributed by atoms with Crippen molar-refractivity contribution in [1.82, 2.24) is 20.0 Å². The summed E-state index contributed by atoms with van der Waals surface area (Å²) in [6.45, 7) is 8.08. The van der Waals surface area contributed by atoms with E-state index in [2.05, 4.69) is 27.6 Å². The summed E-state index contributed by atoms with van der Waals surface area (Å²) in [5, 5.41) is 9.73. The molecule has 1 aromatic heterocycles. The van der Waals surface area contributed by atoms with Crippen LogP contribution in [0.2, 0.25) is 0 Å². The normalized spacial score (nSPS) is 18.2. The minimum atomic E-state index is -4.49. The van der Waals surface area contributed by atoms with Crippen LogP contribution in [0.5, 0.6) is 0 Å². The van der Waals surface area contributed by atoms with Crippen LogP contribution in [0.4, 0.5) is 24.5 Å². The summed E-state index contributed by atoms with van der Waals surface area (Å²) in [5.41, 5.74) is 0.115. The Morgan fingerprint density at radius 1 is 1.02 bits per heavy atom. The summed E-state index contributed by atoms with van der Waals surface area (Å²) < 4.78 is 41.3. The highest BCUT2D eigenvalue weighted by Gasteiger charge is 2.45. The molecule has 0 radical (unpaired) electrons. The fraction of sp³-hybridized carbons (Fsp3) is 0.353. The Hall–Kier alpha value is -5.02. The molecule has 2 saturated heterocycles. The molecular weight excluding hydrogens is 660 g/mol. The SMILES string of the molecule is CP(C)c1cc(C(F)(F)F)ccc1NC(=O)C(C)(C)n1cc(C#CC2CN(c3ccc4c(c3)C(=O)N(C3CCC(=O)NC3=O)C4=O)C2)cn1. The second-order valence-electron chi connectivity index (χ2n) is 12.9. The molecule has 0 aliphatic carbocycles. The Kier molecular flexibility index (Phi) is 8.61. The molecule has 1 unspecified atom stereocenters. The minimum Gasteiger partial charge on any atom is -0.369 e. The van der Waals surface area contributed by atoms with Crippen LogP contribution >= 0.6 is 7.92 Å². The maximum atomic E-state index is 13.3. The molecule has 5 amide bonds. The number of rotatable bonds is 6. The molecule has 2 N–H and O–H groups in total. The first-order valence-electron chi connectivity index (χ1n) is 15.4. The molecule has 0 spiro atoms. The van der Waals surface area contributed by atoms with E-state index in [1.165, 1.54) is 16.9 Å². The Labute approximate surface area is 280 Å². The molecule has 15 heteroatoms. The second kappa shape index (κ2) is 12.5. The summed E-state index contributed by atoms with van der Waals surface area (Å²) >= 11 is 0. The van der Waals surface area contributed by atoms with Crippen molar-refractivity contribution in [2.24, 2.45) is 5.92 Å². The number of anilines is 2. The summed E-state index contributed by atoms with van der Waals surface area (Å²) in [6, 6.07) is 7.25. The summed E-state index contributed by atoms with van der Waals surface area (Å²) in [6.07, 6.45) is -1.18. The van der Waals surface area contributed by atoms with Gasteiger partial charge in [0.2, 0.25) is 11.8 Å². The van der Waals surface area contributed by atoms with Gasteiger partial charge in [0.15, 0.2) is 0 Å². The van der Waals surface area contributed by atoms with Gasteiger partial charge in [-0.05, 0) is 75.3 Å². The van der Waals surface area contributed by atoms with E-state index >= 15 is 0 Å². The lowest BCUT2D eigenvalue weighted by Gasteiger charge is -2.38. The number of carbonyl (C=O) groups is 5. The van der Waals surface area contributed by atoms with Crippen LogP contribution < -0.4 is 20.8 Å². The molecule has 0 bridgehead atoms. The molecule has 6 rings (SSSR count). The molecule has 0 saturated carbocycles. The molecule has 3 aliphatic rings. The molecule has 49 heavy (non-hydrogen) atoms. The van der Waals surface area contributed by atoms with Gasteiger partial charge in [-0.25, -0.2) is 0 Å². The van der Waals surface area contributed by atoms with Gasteiger partial charge < -0.3 is 10.2 Å². The maximum absolute atomic E-state index is 13.3. The van der Waals surface area contributed by atoms with E-state index in [4.69, 9.17) is 0 Å². The molecular formula is C34H32F3N6O5P. The molecule has 2 fully saturated rings. The van der Waals surface area contributed by atoms with Crippen LogP contribution in [0.3, 0.4) is 0 Å². The van der Waals surface area contributed by atoms with Gasteiger partial charge in [0.25, 0.3) is 17.7 Å². The molecule has 3 aliphatic heterocycles. The zero-order valence-corrected chi connectivity index (χ0v) is 27.9. The third-order valence-electron chi connectivity index (χ3n) is 8.86. The molecule has 3 aromatic rings. The van der Waals surface area contributed by atoms with Crippen molar-refractivity contribution in [2.75, 3.05) is 36.6 Å². The number of hydrogen-bond acceptors (Lipinski definition) is 7. The number of halogens is 3. The molecule has 4 heterocycles. The first-order valence-corrected chi connectivity index (χ1v) is 17.7. The van der Waals surface area contributed by atoms with Crippen molar-refractivity contribution in [3.63, 3.8) is 0 Å². The van der Waals surface area contributed by atoms with Crippen molar-refractivity contribution >= 4 is 54.1 Å². The Morgan fingerprint density at radius 3 is 2.41 bits per heavy atom. The smallest absolute Gasteiger partial charge is 0.369 e. The first kappa shape index (κ1) is 33.9. The van der Waals surface area contributed by atoms with Crippen molar-refractivity contribution in [1.29, 1.82) is 0 Å². The lowest BCUT2D eigenvalue weighted by atomic mass is 9.98. The number of carbonyl (C=O) groups excluding carboxylic acids is 5. The zero-order chi connectivity index (χ0) is 35.4. The van der Waals surface area contributed by atoms with Crippen molar-refractivity contribution in [2.45, 2.75) is 44.4 Å². The number of alkyl halides is 3. The van der Waals surface area contributed by atoms with E-state index in [1.807, 2.05) is 18.2 Å². The van der Waals surface area contributed by atoms with Crippen LogP contribution in [-0.4, -0.2) is 76.7 Å². The van der Waals surface area contributed by atoms with Crippen LogP contribution in [-0.2, 0) is 26.1 Å². The number of benzene rings is 2. The van der Waals surface area contributed by atoms with Crippen LogP contribution in [0.15, 0.2) is 48.8 Å². The lowest BCUT2D eigenvalue weighted by Crippen LogP contribution is -2.54. The van der Waals surface area contributed by atoms with Gasteiger partial charge in [0.1, 0.15) is 11.6 Å². The van der Waals surface area contributed by atoms with Crippen LogP contribution in [0, 0.1) is 17.8 Å². The van der Waals surface area contributed by atoms with E-state index < -0.39 is 60.8 Å². The average molecular weight is 693 g/mol. The van der Waals surface area contributed by atoms with Gasteiger partial charge in [-0.15, -0.1) is 0 Å². The number of nitrogens with one attached hydrogen (secondary N) is 2. The number of fused-ring (bicyclic) bond motifs is 1. The second-order valence-corrected chi connectivity index (χ2v) is 15.1. The number of nitrogens with zero attached hydrogens (tertiary/aromatic N) is 4. The number of hydrogen-bond donors (Lipinski definition) is 2. The van der Waals surface area contributed by atoms with Crippen molar-refractivity contribution in [3.05, 3.63) is 71.0 Å². The third kappa shape index (κ3) is 6.43. The average Bonchev–Trinajstić information content (AvgIpc) is 3.59. The molecule has 11 nitrogen and oxygen atoms in total. The van der Waals surface area contributed by atoms with Crippen LogP contribution in [0.1, 0.15) is 58.5 Å². The predicted octanol–water partition coefficient (Wildman–Crippen LogP) is 3.53. The minimum absolute atomic E-state index is 0.00119. The molecule has 1 atom stereocenters. The van der Waals surface area contributed by atoms with Gasteiger partial charge >= 0.3 is 6.18 Å². The summed E-state index contributed by atoms with van der Waals surface area (Å²) in [4.78, 5) is 66.3. The van der Waals surface area contributed by atoms with E-state index in [-0.39, 0.29) is 29.9 Å². The highest BCUT2D eigenvalue weighted by atomic mass is 31.1. The predicted molar refractivity (Wildman–Crippen MR) is 176 cm³/mol. The molecule has 254 valence electrons. The van der Waals surface area contributed by atoms with Gasteiger partial charge in [-0.3, -0.25) is 38.9 Å². The summed E-state index contributed by atoms with van der Waals surface area (Å²) in [7, 11) is -0.946. The summed E-state index contributed by atoms with van der Waals surface area (Å²) in [5.74, 6) is 3.61. The highest BCUT2D eigenvalue weighted by Crippen LogP contribution is 2.36. The fourth-order valence-corrected chi connectivity index (χ4v) is 6.89. The van der Waals surface area contributed by atoms with Crippen molar-refractivity contribution in [3.8, 4) is 11.8 Å². The first-order chi connectivity index (χ1) is 23.0. The number of piperidine rings is 1. The quantitative estimate of drug-likeness (QED) is 0.230. The fourth-order valence-electron chi connectivity index (χ4n) is 5.88.